The molecule has 1 saturated heterocycles. The fourth-order valence-corrected chi connectivity index (χ4v) is 2.31. The van der Waals surface area contributed by atoms with Crippen LogP contribution in [0.4, 0.5) is 0 Å². The van der Waals surface area contributed by atoms with E-state index in [0.29, 0.717) is 0 Å². The molecule has 2 rings (SSSR count). The van der Waals surface area contributed by atoms with Crippen molar-refractivity contribution in [2.75, 3.05) is 40.4 Å². The second-order valence-electron chi connectivity index (χ2n) is 4.56. The highest BCUT2D eigenvalue weighted by atomic mass is 35.5. The Labute approximate surface area is 121 Å². The van der Waals surface area contributed by atoms with E-state index in [4.69, 9.17) is 9.47 Å². The Morgan fingerprint density at radius 3 is 2.74 bits per heavy atom. The highest BCUT2D eigenvalue weighted by Gasteiger charge is 2.12. The van der Waals surface area contributed by atoms with E-state index in [9.17, 15) is 0 Å². The molecule has 1 heterocycles. The van der Waals surface area contributed by atoms with Crippen molar-refractivity contribution in [2.45, 2.75) is 13.0 Å². The molecule has 0 aliphatic carbocycles. The Kier molecular flexibility index (Phi) is 6.99. The molecule has 1 aromatic carbocycles. The van der Waals surface area contributed by atoms with Crippen molar-refractivity contribution in [2.24, 2.45) is 0 Å². The van der Waals surface area contributed by atoms with Crippen LogP contribution >= 0.6 is 12.4 Å². The number of rotatable bonds is 4. The first-order chi connectivity index (χ1) is 8.83. The van der Waals surface area contributed by atoms with Gasteiger partial charge < -0.3 is 14.8 Å². The van der Waals surface area contributed by atoms with Crippen molar-refractivity contribution in [3.63, 3.8) is 0 Å². The van der Waals surface area contributed by atoms with Gasteiger partial charge in [0.15, 0.2) is 0 Å². The fraction of sp³-hybridized carbons (Fsp3) is 0.571. The van der Waals surface area contributed by atoms with Gasteiger partial charge in [0, 0.05) is 25.2 Å². The molecule has 1 N–H and O–H groups in total. The molecule has 108 valence electrons. The summed E-state index contributed by atoms with van der Waals surface area (Å²) in [4.78, 5) is 2.46. The van der Waals surface area contributed by atoms with Crippen LogP contribution in [0, 0.1) is 0 Å². The molecule has 0 radical (unpaired) electrons. The van der Waals surface area contributed by atoms with E-state index in [1.54, 1.807) is 14.2 Å². The van der Waals surface area contributed by atoms with Crippen LogP contribution in [0.1, 0.15) is 12.0 Å². The van der Waals surface area contributed by atoms with Gasteiger partial charge in [-0.25, -0.2) is 0 Å². The molecule has 1 fully saturated rings. The van der Waals surface area contributed by atoms with Crippen molar-refractivity contribution in [1.82, 2.24) is 10.2 Å². The zero-order chi connectivity index (χ0) is 12.8. The van der Waals surface area contributed by atoms with E-state index in [2.05, 4.69) is 16.3 Å². The summed E-state index contributed by atoms with van der Waals surface area (Å²) in [6.45, 7) is 5.31. The highest BCUT2D eigenvalue weighted by molar-refractivity contribution is 5.85. The number of methoxy groups -OCH3 is 2. The van der Waals surface area contributed by atoms with E-state index in [1.165, 1.54) is 12.0 Å². The first-order valence-electron chi connectivity index (χ1n) is 6.47. The average Bonchev–Trinajstić information content (AvgIpc) is 2.67. The standard InChI is InChI=1S/C14H22N2O2.ClH/c1-17-13-4-5-14(18-2)12(10-13)11-16-8-3-6-15-7-9-16;/h4-5,10,15H,3,6-9,11H2,1-2H3;1H. The molecule has 0 aromatic heterocycles. The van der Waals surface area contributed by atoms with Crippen LogP contribution in [0.25, 0.3) is 0 Å². The van der Waals surface area contributed by atoms with Crippen LogP contribution in [0.2, 0.25) is 0 Å². The summed E-state index contributed by atoms with van der Waals surface area (Å²) >= 11 is 0. The predicted octanol–water partition coefficient (Wildman–Crippen LogP) is 1.92. The van der Waals surface area contributed by atoms with Crippen LogP contribution in [-0.4, -0.2) is 45.3 Å². The molecule has 0 unspecified atom stereocenters. The quantitative estimate of drug-likeness (QED) is 0.917. The summed E-state index contributed by atoms with van der Waals surface area (Å²) in [6, 6.07) is 5.98. The number of nitrogens with one attached hydrogen (secondary N) is 1. The zero-order valence-corrected chi connectivity index (χ0v) is 12.5. The number of hydrogen-bond donors (Lipinski definition) is 1. The van der Waals surface area contributed by atoms with Crippen molar-refractivity contribution in [3.05, 3.63) is 23.8 Å². The first kappa shape index (κ1) is 16.1. The number of benzene rings is 1. The molecular weight excluding hydrogens is 264 g/mol. The van der Waals surface area contributed by atoms with E-state index < -0.39 is 0 Å². The Morgan fingerprint density at radius 1 is 1.16 bits per heavy atom. The smallest absolute Gasteiger partial charge is 0.123 e. The molecule has 0 atom stereocenters. The van der Waals surface area contributed by atoms with Crippen molar-refractivity contribution in [1.29, 1.82) is 0 Å². The number of halogens is 1. The number of hydrogen-bond acceptors (Lipinski definition) is 4. The van der Waals surface area contributed by atoms with Crippen LogP contribution in [-0.2, 0) is 6.54 Å². The van der Waals surface area contributed by atoms with Gasteiger partial charge in [-0.05, 0) is 37.7 Å². The lowest BCUT2D eigenvalue weighted by atomic mass is 10.1. The van der Waals surface area contributed by atoms with Gasteiger partial charge >= 0.3 is 0 Å². The van der Waals surface area contributed by atoms with Crippen LogP contribution in [0.5, 0.6) is 11.5 Å². The molecular formula is C14H23ClN2O2. The third kappa shape index (κ3) is 4.56. The monoisotopic (exact) mass is 286 g/mol. The lowest BCUT2D eigenvalue weighted by Crippen LogP contribution is -2.27. The molecule has 0 spiro atoms. The maximum Gasteiger partial charge on any atom is 0.123 e. The van der Waals surface area contributed by atoms with Crippen LogP contribution in [0.15, 0.2) is 18.2 Å². The van der Waals surface area contributed by atoms with Crippen LogP contribution < -0.4 is 14.8 Å². The molecule has 4 nitrogen and oxygen atoms in total. The maximum absolute atomic E-state index is 5.42. The van der Waals surface area contributed by atoms with E-state index >= 15 is 0 Å². The van der Waals surface area contributed by atoms with E-state index in [0.717, 1.165) is 44.2 Å². The average molecular weight is 287 g/mol. The van der Waals surface area contributed by atoms with E-state index in [-0.39, 0.29) is 12.4 Å². The van der Waals surface area contributed by atoms with Gasteiger partial charge in [0.2, 0.25) is 0 Å². The minimum Gasteiger partial charge on any atom is -0.497 e. The molecule has 19 heavy (non-hydrogen) atoms. The van der Waals surface area contributed by atoms with E-state index in [1.807, 2.05) is 12.1 Å². The molecule has 1 aromatic rings. The van der Waals surface area contributed by atoms with Gasteiger partial charge in [-0.1, -0.05) is 0 Å². The second-order valence-corrected chi connectivity index (χ2v) is 4.56. The Hall–Kier alpha value is -0.970. The van der Waals surface area contributed by atoms with Gasteiger partial charge in [-0.15, -0.1) is 12.4 Å². The van der Waals surface area contributed by atoms with Gasteiger partial charge in [0.1, 0.15) is 11.5 Å². The van der Waals surface area contributed by atoms with Crippen molar-refractivity contribution in [3.8, 4) is 11.5 Å². The Bertz CT molecular complexity index is 380. The van der Waals surface area contributed by atoms with Crippen molar-refractivity contribution < 1.29 is 9.47 Å². The molecule has 5 heteroatoms. The SMILES string of the molecule is COc1ccc(OC)c(CN2CCCNCC2)c1.Cl. The van der Waals surface area contributed by atoms with Gasteiger partial charge in [-0.2, -0.15) is 0 Å². The molecule has 0 amide bonds. The lowest BCUT2D eigenvalue weighted by molar-refractivity contribution is 0.278. The summed E-state index contributed by atoms with van der Waals surface area (Å²) in [5.74, 6) is 1.83. The Balaban J connectivity index is 0.00000180. The fourth-order valence-electron chi connectivity index (χ4n) is 2.31. The summed E-state index contributed by atoms with van der Waals surface area (Å²) in [6.07, 6.45) is 1.20. The van der Waals surface area contributed by atoms with Crippen LogP contribution in [0.3, 0.4) is 0 Å². The number of nitrogens with zero attached hydrogens (tertiary/aromatic N) is 1. The topological polar surface area (TPSA) is 33.7 Å². The second kappa shape index (κ2) is 8.25. The van der Waals surface area contributed by atoms with Gasteiger partial charge in [0.05, 0.1) is 14.2 Å². The maximum atomic E-state index is 5.42. The normalized spacial score (nSPS) is 16.3. The predicted molar refractivity (Wildman–Crippen MR) is 79.6 cm³/mol. The van der Waals surface area contributed by atoms with Crippen molar-refractivity contribution >= 4 is 12.4 Å². The summed E-state index contributed by atoms with van der Waals surface area (Å²) in [5.41, 5.74) is 1.19. The third-order valence-corrected chi connectivity index (χ3v) is 3.31. The zero-order valence-electron chi connectivity index (χ0n) is 11.6. The van der Waals surface area contributed by atoms with Gasteiger partial charge in [0.25, 0.3) is 0 Å². The summed E-state index contributed by atoms with van der Waals surface area (Å²) in [5, 5.41) is 3.42. The first-order valence-corrected chi connectivity index (χ1v) is 6.47. The molecule has 1 aliphatic heterocycles. The Morgan fingerprint density at radius 2 is 2.00 bits per heavy atom. The lowest BCUT2D eigenvalue weighted by Gasteiger charge is -2.21. The molecule has 1 aliphatic rings. The summed E-state index contributed by atoms with van der Waals surface area (Å²) < 4.78 is 10.7. The molecule has 0 bridgehead atoms. The minimum atomic E-state index is 0. The largest absolute Gasteiger partial charge is 0.497 e. The minimum absolute atomic E-state index is 0. The number of ether oxygens (including phenoxy) is 2. The summed E-state index contributed by atoms with van der Waals surface area (Å²) in [7, 11) is 3.41. The highest BCUT2D eigenvalue weighted by Crippen LogP contribution is 2.25. The van der Waals surface area contributed by atoms with Gasteiger partial charge in [-0.3, -0.25) is 4.90 Å². The third-order valence-electron chi connectivity index (χ3n) is 3.31. The molecule has 0 saturated carbocycles.